The van der Waals surface area contributed by atoms with Gasteiger partial charge in [-0.3, -0.25) is 14.9 Å². The Morgan fingerprint density at radius 3 is 2.50 bits per heavy atom. The molecular formula is C13H15ClN2O4. The number of halogens is 1. The maximum Gasteiger partial charge on any atom is 0.309 e. The van der Waals surface area contributed by atoms with Crippen molar-refractivity contribution in [3.05, 3.63) is 33.3 Å². The molecule has 7 heteroatoms. The van der Waals surface area contributed by atoms with E-state index in [9.17, 15) is 20.0 Å². The molecule has 1 aliphatic heterocycles. The van der Waals surface area contributed by atoms with E-state index >= 15 is 0 Å². The highest BCUT2D eigenvalue weighted by Gasteiger charge is 2.37. The molecule has 1 heterocycles. The Morgan fingerprint density at radius 2 is 2.05 bits per heavy atom. The fourth-order valence-electron chi connectivity index (χ4n) is 2.32. The molecule has 1 aromatic rings. The zero-order valence-corrected chi connectivity index (χ0v) is 11.8. The predicted molar refractivity (Wildman–Crippen MR) is 75.3 cm³/mol. The fraction of sp³-hybridized carbons (Fsp3) is 0.462. The maximum atomic E-state index is 11.2. The number of nitrogens with zero attached hydrogens (tertiary/aromatic N) is 2. The van der Waals surface area contributed by atoms with E-state index in [-0.39, 0.29) is 5.69 Å². The number of nitro benzene ring substituents is 1. The topological polar surface area (TPSA) is 83.7 Å². The van der Waals surface area contributed by atoms with Gasteiger partial charge in [-0.1, -0.05) is 11.6 Å². The van der Waals surface area contributed by atoms with Gasteiger partial charge >= 0.3 is 5.97 Å². The van der Waals surface area contributed by atoms with Crippen molar-refractivity contribution >= 4 is 28.9 Å². The SMILES string of the molecule is CC1(C(=O)O)CCN(c2ccc([N+](=O)[O-])cc2Cl)CC1. The maximum absolute atomic E-state index is 11.2. The molecule has 0 spiro atoms. The van der Waals surface area contributed by atoms with Crippen molar-refractivity contribution in [2.75, 3.05) is 18.0 Å². The summed E-state index contributed by atoms with van der Waals surface area (Å²) in [5.41, 5.74) is -0.0418. The van der Waals surface area contributed by atoms with Gasteiger partial charge in [-0.05, 0) is 25.8 Å². The van der Waals surface area contributed by atoms with E-state index in [1.165, 1.54) is 12.1 Å². The molecule has 0 unspecified atom stereocenters. The first-order valence-electron chi connectivity index (χ1n) is 6.26. The van der Waals surface area contributed by atoms with Crippen molar-refractivity contribution in [2.24, 2.45) is 5.41 Å². The van der Waals surface area contributed by atoms with Crippen molar-refractivity contribution in [1.29, 1.82) is 0 Å². The molecule has 0 saturated carbocycles. The van der Waals surface area contributed by atoms with E-state index in [0.717, 1.165) is 0 Å². The highest BCUT2D eigenvalue weighted by atomic mass is 35.5. The first-order valence-corrected chi connectivity index (χ1v) is 6.63. The molecule has 2 rings (SSSR count). The predicted octanol–water partition coefficient (Wildman–Crippen LogP) is 2.94. The summed E-state index contributed by atoms with van der Waals surface area (Å²) in [5.74, 6) is -0.785. The number of carboxylic acids is 1. The lowest BCUT2D eigenvalue weighted by Gasteiger charge is -2.38. The van der Waals surface area contributed by atoms with Gasteiger partial charge in [-0.15, -0.1) is 0 Å². The lowest BCUT2D eigenvalue weighted by atomic mass is 9.80. The normalized spacial score (nSPS) is 17.8. The van der Waals surface area contributed by atoms with E-state index in [2.05, 4.69) is 0 Å². The van der Waals surface area contributed by atoms with Crippen LogP contribution in [0.15, 0.2) is 18.2 Å². The number of hydrogen-bond donors (Lipinski definition) is 1. The number of rotatable bonds is 3. The Kier molecular flexibility index (Phi) is 3.85. The van der Waals surface area contributed by atoms with Crippen LogP contribution in [0, 0.1) is 15.5 Å². The summed E-state index contributed by atoms with van der Waals surface area (Å²) in [6, 6.07) is 4.35. The van der Waals surface area contributed by atoms with Crippen LogP contribution < -0.4 is 4.90 Å². The largest absolute Gasteiger partial charge is 0.481 e. The van der Waals surface area contributed by atoms with Crippen molar-refractivity contribution in [2.45, 2.75) is 19.8 Å². The second-order valence-corrected chi connectivity index (χ2v) is 5.65. The average Bonchev–Trinajstić information content (AvgIpc) is 2.39. The molecule has 0 bridgehead atoms. The molecule has 108 valence electrons. The molecule has 1 aromatic carbocycles. The fourth-order valence-corrected chi connectivity index (χ4v) is 2.62. The average molecular weight is 299 g/mol. The highest BCUT2D eigenvalue weighted by molar-refractivity contribution is 6.33. The summed E-state index contributed by atoms with van der Waals surface area (Å²) < 4.78 is 0. The molecular weight excluding hydrogens is 284 g/mol. The zero-order valence-electron chi connectivity index (χ0n) is 11.0. The van der Waals surface area contributed by atoms with Gasteiger partial charge in [0.1, 0.15) is 0 Å². The highest BCUT2D eigenvalue weighted by Crippen LogP contribution is 2.36. The lowest BCUT2D eigenvalue weighted by Crippen LogP contribution is -2.42. The smallest absolute Gasteiger partial charge is 0.309 e. The van der Waals surface area contributed by atoms with Gasteiger partial charge in [0.15, 0.2) is 0 Å². The number of aliphatic carboxylic acids is 1. The summed E-state index contributed by atoms with van der Waals surface area (Å²) in [6.45, 7) is 2.88. The second-order valence-electron chi connectivity index (χ2n) is 5.25. The van der Waals surface area contributed by atoms with E-state index in [0.29, 0.717) is 36.6 Å². The van der Waals surface area contributed by atoms with Gasteiger partial charge < -0.3 is 10.0 Å². The number of non-ortho nitro benzene ring substituents is 1. The van der Waals surface area contributed by atoms with Gasteiger partial charge in [-0.25, -0.2) is 0 Å². The zero-order chi connectivity index (χ0) is 14.9. The number of hydrogen-bond acceptors (Lipinski definition) is 4. The molecule has 1 N–H and O–H groups in total. The number of anilines is 1. The van der Waals surface area contributed by atoms with Crippen molar-refractivity contribution < 1.29 is 14.8 Å². The molecule has 0 aliphatic carbocycles. The van der Waals surface area contributed by atoms with Crippen molar-refractivity contribution in [1.82, 2.24) is 0 Å². The number of benzene rings is 1. The molecule has 1 aliphatic rings. The minimum absolute atomic E-state index is 0.0499. The molecule has 6 nitrogen and oxygen atoms in total. The number of carbonyl (C=O) groups is 1. The van der Waals surface area contributed by atoms with Crippen LogP contribution in [0.4, 0.5) is 11.4 Å². The van der Waals surface area contributed by atoms with Crippen LogP contribution in [0.3, 0.4) is 0 Å². The van der Waals surface area contributed by atoms with Crippen LogP contribution in [-0.2, 0) is 4.79 Å². The van der Waals surface area contributed by atoms with Crippen LogP contribution >= 0.6 is 11.6 Å². The van der Waals surface area contributed by atoms with Gasteiger partial charge in [0.2, 0.25) is 0 Å². The number of carboxylic acid groups (broad SMARTS) is 1. The molecule has 0 atom stereocenters. The summed E-state index contributed by atoms with van der Waals surface area (Å²) >= 11 is 6.08. The molecule has 0 amide bonds. The van der Waals surface area contributed by atoms with Crippen LogP contribution in [0.1, 0.15) is 19.8 Å². The third-order valence-electron chi connectivity index (χ3n) is 3.87. The summed E-state index contributed by atoms with van der Waals surface area (Å²) in [5, 5.41) is 20.2. The Labute approximate surface area is 121 Å². The van der Waals surface area contributed by atoms with E-state index in [1.807, 2.05) is 4.90 Å². The van der Waals surface area contributed by atoms with Crippen molar-refractivity contribution in [3.63, 3.8) is 0 Å². The third-order valence-corrected chi connectivity index (χ3v) is 4.17. The monoisotopic (exact) mass is 298 g/mol. The summed E-state index contributed by atoms with van der Waals surface area (Å²) in [7, 11) is 0. The number of nitro groups is 1. The second kappa shape index (κ2) is 5.28. The standard InChI is InChI=1S/C13H15ClN2O4/c1-13(12(17)18)4-6-15(7-5-13)11-3-2-9(16(19)20)8-10(11)14/h2-3,8H,4-7H2,1H3,(H,17,18). The molecule has 1 fully saturated rings. The molecule has 20 heavy (non-hydrogen) atoms. The number of piperidine rings is 1. The van der Waals surface area contributed by atoms with E-state index in [4.69, 9.17) is 11.6 Å². The summed E-state index contributed by atoms with van der Waals surface area (Å²) in [6.07, 6.45) is 1.05. The van der Waals surface area contributed by atoms with Crippen LogP contribution in [0.5, 0.6) is 0 Å². The van der Waals surface area contributed by atoms with E-state index in [1.54, 1.807) is 13.0 Å². The van der Waals surface area contributed by atoms with Gasteiger partial charge in [-0.2, -0.15) is 0 Å². The Balaban J connectivity index is 2.15. The molecule has 1 saturated heterocycles. The van der Waals surface area contributed by atoms with Crippen molar-refractivity contribution in [3.8, 4) is 0 Å². The minimum atomic E-state index is -0.785. The van der Waals surface area contributed by atoms with Gasteiger partial charge in [0.05, 0.1) is 21.0 Å². The first kappa shape index (κ1) is 14.6. The van der Waals surface area contributed by atoms with Crippen LogP contribution in [-0.4, -0.2) is 29.1 Å². The van der Waals surface area contributed by atoms with Crippen LogP contribution in [0.25, 0.3) is 0 Å². The summed E-state index contributed by atoms with van der Waals surface area (Å²) in [4.78, 5) is 23.3. The first-order chi connectivity index (χ1) is 9.33. The molecule has 0 radical (unpaired) electrons. The minimum Gasteiger partial charge on any atom is -0.481 e. The van der Waals surface area contributed by atoms with Gasteiger partial charge in [0, 0.05) is 25.2 Å². The Hall–Kier alpha value is -1.82. The van der Waals surface area contributed by atoms with Gasteiger partial charge in [0.25, 0.3) is 5.69 Å². The Bertz CT molecular complexity index is 553. The quantitative estimate of drug-likeness (QED) is 0.685. The third kappa shape index (κ3) is 2.70. The lowest BCUT2D eigenvalue weighted by molar-refractivity contribution is -0.384. The molecule has 0 aromatic heterocycles. The van der Waals surface area contributed by atoms with Crippen LogP contribution in [0.2, 0.25) is 5.02 Å². The van der Waals surface area contributed by atoms with E-state index < -0.39 is 16.3 Å². The Morgan fingerprint density at radius 1 is 1.45 bits per heavy atom.